The van der Waals surface area contributed by atoms with Crippen LogP contribution in [0.15, 0.2) is 23.7 Å². The summed E-state index contributed by atoms with van der Waals surface area (Å²) in [6.07, 6.45) is 1.72. The Morgan fingerprint density at radius 2 is 2.31 bits per heavy atom. The van der Waals surface area contributed by atoms with E-state index in [0.717, 1.165) is 5.69 Å². The second kappa shape index (κ2) is 4.57. The van der Waals surface area contributed by atoms with E-state index < -0.39 is 0 Å². The van der Waals surface area contributed by atoms with Gasteiger partial charge in [0, 0.05) is 4.88 Å². The molecule has 2 aromatic rings. The maximum absolute atomic E-state index is 5.77. The summed E-state index contributed by atoms with van der Waals surface area (Å²) in [7, 11) is 0. The molecule has 2 rings (SSSR count). The number of nitrogens with zero attached hydrogens (tertiary/aromatic N) is 1. The molecule has 0 aromatic carbocycles. The molecule has 0 fully saturated rings. The number of nitrogens with one attached hydrogen (secondary N) is 2. The molecule has 86 valence electrons. The number of hydrogen-bond donors (Lipinski definition) is 3. The zero-order chi connectivity index (χ0) is 11.5. The number of aromatic amines is 1. The molecule has 4 nitrogen and oxygen atoms in total. The van der Waals surface area contributed by atoms with Crippen molar-refractivity contribution in [2.75, 3.05) is 11.1 Å². The first kappa shape index (κ1) is 11.0. The molecule has 2 heterocycles. The lowest BCUT2D eigenvalue weighted by Crippen LogP contribution is -2.15. The first-order valence-corrected chi connectivity index (χ1v) is 6.15. The molecule has 5 heteroatoms. The van der Waals surface area contributed by atoms with E-state index in [9.17, 15) is 0 Å². The van der Waals surface area contributed by atoms with E-state index in [1.165, 1.54) is 4.88 Å². The van der Waals surface area contributed by atoms with Crippen molar-refractivity contribution < 1.29 is 0 Å². The van der Waals surface area contributed by atoms with Gasteiger partial charge in [0.05, 0.1) is 17.9 Å². The van der Waals surface area contributed by atoms with E-state index in [2.05, 4.69) is 46.9 Å². The Morgan fingerprint density at radius 3 is 2.81 bits per heavy atom. The van der Waals surface area contributed by atoms with Crippen molar-refractivity contribution in [1.82, 2.24) is 10.2 Å². The fourth-order valence-electron chi connectivity index (χ4n) is 1.61. The van der Waals surface area contributed by atoms with Crippen LogP contribution >= 0.6 is 11.3 Å². The minimum absolute atomic E-state index is 0.278. The summed E-state index contributed by atoms with van der Waals surface area (Å²) in [5, 5.41) is 12.1. The second-order valence-electron chi connectivity index (χ2n) is 4.08. The standard InChI is InChI=1S/C11H16N4S/c1-7(2)10(9-4-3-5-16-9)14-8-6-13-15-11(8)12/h3-7,10,14H,1-2H3,(H3,12,13,15). The maximum atomic E-state index is 5.77. The quantitative estimate of drug-likeness (QED) is 0.764. The average molecular weight is 236 g/mol. The van der Waals surface area contributed by atoms with Gasteiger partial charge >= 0.3 is 0 Å². The molecule has 1 unspecified atom stereocenters. The molecular weight excluding hydrogens is 220 g/mol. The number of nitrogens with two attached hydrogens (primary N) is 1. The molecule has 0 amide bonds. The van der Waals surface area contributed by atoms with Gasteiger partial charge in [-0.1, -0.05) is 19.9 Å². The summed E-state index contributed by atoms with van der Waals surface area (Å²) in [5.74, 6) is 1.08. The maximum Gasteiger partial charge on any atom is 0.142 e. The highest BCUT2D eigenvalue weighted by molar-refractivity contribution is 7.10. The molecule has 2 aromatic heterocycles. The number of rotatable bonds is 4. The van der Waals surface area contributed by atoms with Crippen LogP contribution in [-0.2, 0) is 0 Å². The van der Waals surface area contributed by atoms with Gasteiger partial charge in [0.15, 0.2) is 0 Å². The molecule has 0 saturated heterocycles. The van der Waals surface area contributed by atoms with Crippen LogP contribution in [0.1, 0.15) is 24.8 Å². The Hall–Kier alpha value is -1.49. The Bertz CT molecular complexity index is 433. The molecule has 1 atom stereocenters. The Morgan fingerprint density at radius 1 is 1.50 bits per heavy atom. The summed E-state index contributed by atoms with van der Waals surface area (Å²) in [6, 6.07) is 4.48. The van der Waals surface area contributed by atoms with Crippen LogP contribution in [0.4, 0.5) is 11.5 Å². The van der Waals surface area contributed by atoms with Gasteiger partial charge in [0.25, 0.3) is 0 Å². The SMILES string of the molecule is CC(C)C(Nc1cn[nH]c1N)c1cccs1. The molecular formula is C11H16N4S. The first-order valence-electron chi connectivity index (χ1n) is 5.27. The topological polar surface area (TPSA) is 66.7 Å². The monoisotopic (exact) mass is 236 g/mol. The predicted octanol–water partition coefficient (Wildman–Crippen LogP) is 2.86. The highest BCUT2D eigenvalue weighted by Gasteiger charge is 2.17. The molecule has 0 bridgehead atoms. The van der Waals surface area contributed by atoms with E-state index in [1.54, 1.807) is 17.5 Å². The van der Waals surface area contributed by atoms with E-state index in [1.807, 2.05) is 0 Å². The number of nitrogen functional groups attached to an aromatic ring is 1. The predicted molar refractivity (Wildman–Crippen MR) is 68.5 cm³/mol. The van der Waals surface area contributed by atoms with Crippen molar-refractivity contribution in [3.63, 3.8) is 0 Å². The van der Waals surface area contributed by atoms with E-state index in [-0.39, 0.29) is 6.04 Å². The van der Waals surface area contributed by atoms with E-state index in [0.29, 0.717) is 11.7 Å². The van der Waals surface area contributed by atoms with Crippen LogP contribution in [-0.4, -0.2) is 10.2 Å². The van der Waals surface area contributed by atoms with Gasteiger partial charge in [-0.3, -0.25) is 5.10 Å². The Kier molecular flexibility index (Phi) is 3.14. The zero-order valence-corrected chi connectivity index (χ0v) is 10.2. The van der Waals surface area contributed by atoms with Gasteiger partial charge in [-0.05, 0) is 17.4 Å². The molecule has 16 heavy (non-hydrogen) atoms. The number of aromatic nitrogens is 2. The van der Waals surface area contributed by atoms with Crippen LogP contribution in [0, 0.1) is 5.92 Å². The van der Waals surface area contributed by atoms with E-state index in [4.69, 9.17) is 5.73 Å². The normalized spacial score (nSPS) is 12.9. The van der Waals surface area contributed by atoms with Gasteiger partial charge in [-0.25, -0.2) is 0 Å². The van der Waals surface area contributed by atoms with Crippen LogP contribution in [0.25, 0.3) is 0 Å². The third-order valence-electron chi connectivity index (χ3n) is 2.50. The van der Waals surface area contributed by atoms with Crippen molar-refractivity contribution in [2.45, 2.75) is 19.9 Å². The lowest BCUT2D eigenvalue weighted by Gasteiger charge is -2.21. The fourth-order valence-corrected chi connectivity index (χ4v) is 2.56. The van der Waals surface area contributed by atoms with Gasteiger partial charge in [-0.2, -0.15) is 5.10 Å². The third kappa shape index (κ3) is 2.19. The molecule has 0 aliphatic carbocycles. The van der Waals surface area contributed by atoms with Crippen LogP contribution in [0.3, 0.4) is 0 Å². The lowest BCUT2D eigenvalue weighted by molar-refractivity contribution is 0.554. The van der Waals surface area contributed by atoms with Crippen molar-refractivity contribution in [1.29, 1.82) is 0 Å². The minimum atomic E-state index is 0.278. The Balaban J connectivity index is 2.19. The highest BCUT2D eigenvalue weighted by Crippen LogP contribution is 2.30. The summed E-state index contributed by atoms with van der Waals surface area (Å²) >= 11 is 1.75. The van der Waals surface area contributed by atoms with Crippen LogP contribution < -0.4 is 11.1 Å². The van der Waals surface area contributed by atoms with Crippen molar-refractivity contribution in [3.8, 4) is 0 Å². The van der Waals surface area contributed by atoms with Crippen LogP contribution in [0.2, 0.25) is 0 Å². The van der Waals surface area contributed by atoms with Crippen molar-refractivity contribution >= 4 is 22.8 Å². The number of hydrogen-bond acceptors (Lipinski definition) is 4. The summed E-state index contributed by atoms with van der Waals surface area (Å²) in [5.41, 5.74) is 6.63. The molecule has 4 N–H and O–H groups in total. The van der Waals surface area contributed by atoms with Gasteiger partial charge in [0.2, 0.25) is 0 Å². The molecule has 0 spiro atoms. The van der Waals surface area contributed by atoms with Gasteiger partial charge < -0.3 is 11.1 Å². The fraction of sp³-hybridized carbons (Fsp3) is 0.364. The third-order valence-corrected chi connectivity index (χ3v) is 3.45. The summed E-state index contributed by atoms with van der Waals surface area (Å²) in [6.45, 7) is 4.38. The largest absolute Gasteiger partial charge is 0.382 e. The van der Waals surface area contributed by atoms with Crippen molar-refractivity contribution in [3.05, 3.63) is 28.6 Å². The smallest absolute Gasteiger partial charge is 0.142 e. The molecule has 0 aliphatic heterocycles. The summed E-state index contributed by atoms with van der Waals surface area (Å²) in [4.78, 5) is 1.32. The number of thiophene rings is 1. The molecule has 0 aliphatic rings. The first-order chi connectivity index (χ1) is 7.68. The minimum Gasteiger partial charge on any atom is -0.382 e. The Labute approximate surface area is 98.9 Å². The van der Waals surface area contributed by atoms with Crippen LogP contribution in [0.5, 0.6) is 0 Å². The van der Waals surface area contributed by atoms with Crippen molar-refractivity contribution in [2.24, 2.45) is 5.92 Å². The van der Waals surface area contributed by atoms with E-state index >= 15 is 0 Å². The molecule has 0 saturated carbocycles. The number of H-pyrrole nitrogens is 1. The second-order valence-corrected chi connectivity index (χ2v) is 5.06. The number of anilines is 2. The lowest BCUT2D eigenvalue weighted by atomic mass is 10.0. The zero-order valence-electron chi connectivity index (χ0n) is 9.40. The molecule has 0 radical (unpaired) electrons. The van der Waals surface area contributed by atoms with Gasteiger partial charge in [0.1, 0.15) is 5.82 Å². The van der Waals surface area contributed by atoms with Gasteiger partial charge in [-0.15, -0.1) is 11.3 Å². The summed E-state index contributed by atoms with van der Waals surface area (Å²) < 4.78 is 0. The average Bonchev–Trinajstić information content (AvgIpc) is 2.85. The highest BCUT2D eigenvalue weighted by atomic mass is 32.1.